The van der Waals surface area contributed by atoms with Crippen LogP contribution in [-0.4, -0.2) is 111 Å². The number of amides is 3. The van der Waals surface area contributed by atoms with Crippen LogP contribution in [0.5, 0.6) is 5.75 Å². The summed E-state index contributed by atoms with van der Waals surface area (Å²) in [4.78, 5) is 58.8. The fraction of sp³-hybridized carbons (Fsp3) is 0.447. The molecular weight excluding hydrogens is 765 g/mol. The zero-order valence-electron chi connectivity index (χ0n) is 35.9. The van der Waals surface area contributed by atoms with Crippen molar-refractivity contribution in [2.75, 3.05) is 66.5 Å². The van der Waals surface area contributed by atoms with Gasteiger partial charge in [0.05, 0.1) is 51.8 Å². The molecule has 1 fully saturated rings. The van der Waals surface area contributed by atoms with Crippen molar-refractivity contribution in [2.24, 2.45) is 0 Å². The van der Waals surface area contributed by atoms with Crippen molar-refractivity contribution in [3.05, 3.63) is 101 Å². The van der Waals surface area contributed by atoms with E-state index in [4.69, 9.17) is 28.7 Å². The van der Waals surface area contributed by atoms with Crippen molar-refractivity contribution in [1.29, 1.82) is 0 Å². The smallest absolute Gasteiger partial charge is 0.255 e. The second kappa shape index (κ2) is 25.3. The lowest BCUT2D eigenvalue weighted by Crippen LogP contribution is -2.53. The van der Waals surface area contributed by atoms with Gasteiger partial charge >= 0.3 is 0 Å². The SMILES string of the molecule is CC.Cc1cc(-c2ccc(CCCOCCOCCOCCOCCOc3ccc(C=O)c(C(=O)N(C)C4CCC(=O)NC4=O)c3)nc2)ccc1-c1cnccc1C(C)C. The molecule has 1 unspecified atom stereocenters. The Morgan fingerprint density at radius 3 is 2.12 bits per heavy atom. The highest BCUT2D eigenvalue weighted by Crippen LogP contribution is 2.33. The van der Waals surface area contributed by atoms with Crippen LogP contribution in [0.15, 0.2) is 73.2 Å². The van der Waals surface area contributed by atoms with E-state index in [1.807, 2.05) is 32.4 Å². The molecule has 5 rings (SSSR count). The monoisotopic (exact) mass is 824 g/mol. The van der Waals surface area contributed by atoms with Crippen LogP contribution in [0.1, 0.15) is 90.4 Å². The van der Waals surface area contributed by atoms with E-state index in [1.54, 1.807) is 6.07 Å². The van der Waals surface area contributed by atoms with Gasteiger partial charge in [0.15, 0.2) is 6.29 Å². The molecule has 3 amide bonds. The van der Waals surface area contributed by atoms with Gasteiger partial charge in [-0.25, -0.2) is 0 Å². The van der Waals surface area contributed by atoms with E-state index in [-0.39, 0.29) is 43.1 Å². The quantitative estimate of drug-likeness (QED) is 0.0466. The first-order chi connectivity index (χ1) is 29.2. The van der Waals surface area contributed by atoms with Crippen molar-refractivity contribution in [2.45, 2.75) is 72.3 Å². The van der Waals surface area contributed by atoms with Gasteiger partial charge in [-0.3, -0.25) is 34.5 Å². The van der Waals surface area contributed by atoms with E-state index in [1.165, 1.54) is 46.3 Å². The molecule has 2 aromatic carbocycles. The molecule has 1 aliphatic heterocycles. The first kappa shape index (κ1) is 47.3. The Labute approximate surface area is 354 Å². The minimum Gasteiger partial charge on any atom is -0.491 e. The maximum absolute atomic E-state index is 13.1. The second-order valence-corrected chi connectivity index (χ2v) is 14.3. The minimum absolute atomic E-state index is 0.105. The van der Waals surface area contributed by atoms with Crippen LogP contribution in [0.4, 0.5) is 0 Å². The Hall–Kier alpha value is -5.34. The van der Waals surface area contributed by atoms with E-state index < -0.39 is 17.9 Å². The van der Waals surface area contributed by atoms with Crippen LogP contribution in [-0.2, 0) is 35.0 Å². The Morgan fingerprint density at radius 2 is 1.50 bits per heavy atom. The number of aromatic nitrogens is 2. The van der Waals surface area contributed by atoms with Gasteiger partial charge in [0.25, 0.3) is 5.91 Å². The number of aryl methyl sites for hydroxylation is 2. The highest BCUT2D eigenvalue weighted by molar-refractivity contribution is 6.06. The first-order valence-corrected chi connectivity index (χ1v) is 20.8. The number of likely N-dealkylation sites (N-methyl/N-ethyl adjacent to an activating group) is 1. The molecule has 3 heterocycles. The van der Waals surface area contributed by atoms with Crippen LogP contribution in [0.25, 0.3) is 22.3 Å². The van der Waals surface area contributed by atoms with Gasteiger partial charge in [-0.2, -0.15) is 0 Å². The number of hydrogen-bond donors (Lipinski definition) is 1. The third-order valence-corrected chi connectivity index (χ3v) is 9.87. The summed E-state index contributed by atoms with van der Waals surface area (Å²) in [7, 11) is 1.47. The molecule has 1 atom stereocenters. The van der Waals surface area contributed by atoms with E-state index >= 15 is 0 Å². The molecule has 0 bridgehead atoms. The number of hydrogen-bond acceptors (Lipinski definition) is 11. The Kier molecular flexibility index (Phi) is 20.0. The molecule has 322 valence electrons. The number of rotatable bonds is 23. The normalized spacial score (nSPS) is 13.7. The summed E-state index contributed by atoms with van der Waals surface area (Å²) >= 11 is 0. The fourth-order valence-electron chi connectivity index (χ4n) is 6.65. The number of pyridine rings is 2. The van der Waals surface area contributed by atoms with Crippen molar-refractivity contribution >= 4 is 24.0 Å². The lowest BCUT2D eigenvalue weighted by atomic mass is 9.91. The zero-order valence-corrected chi connectivity index (χ0v) is 35.9. The number of carbonyl (C=O) groups excluding carboxylic acids is 4. The maximum Gasteiger partial charge on any atom is 0.255 e. The molecule has 4 aromatic rings. The first-order valence-electron chi connectivity index (χ1n) is 20.8. The Balaban J connectivity index is 0.00000391. The van der Waals surface area contributed by atoms with E-state index in [2.05, 4.69) is 67.5 Å². The van der Waals surface area contributed by atoms with Gasteiger partial charge in [0.2, 0.25) is 11.8 Å². The maximum atomic E-state index is 13.1. The molecule has 0 aliphatic carbocycles. The summed E-state index contributed by atoms with van der Waals surface area (Å²) in [6, 6.07) is 16.6. The topological polar surface area (TPSA) is 155 Å². The number of nitrogens with one attached hydrogen (secondary N) is 1. The van der Waals surface area contributed by atoms with Gasteiger partial charge < -0.3 is 28.6 Å². The standard InChI is InChI=1S/C45H54N4O9.C2H6/c1-31(2)38-15-16-46-29-41(38)39-12-9-33(26-32(39)3)34-7-10-36(47-28-34)6-5-17-54-18-19-55-20-21-56-22-23-57-24-25-58-37-11-8-35(30-50)40(27-37)45(53)49(4)42-13-14-43(51)48-44(42)52;1-2/h7-12,15-16,26-31,42H,5-6,13-14,17-25H2,1-4H3,(H,48,51,52);1-2H3. The van der Waals surface area contributed by atoms with Crippen LogP contribution in [0.3, 0.4) is 0 Å². The minimum atomic E-state index is -0.806. The lowest BCUT2D eigenvalue weighted by molar-refractivity contribution is -0.136. The van der Waals surface area contributed by atoms with Gasteiger partial charge in [-0.1, -0.05) is 52.0 Å². The third-order valence-electron chi connectivity index (χ3n) is 9.87. The Morgan fingerprint density at radius 1 is 0.833 bits per heavy atom. The highest BCUT2D eigenvalue weighted by atomic mass is 16.6. The lowest BCUT2D eigenvalue weighted by Gasteiger charge is -2.30. The molecule has 1 saturated heterocycles. The van der Waals surface area contributed by atoms with Crippen LogP contribution in [0, 0.1) is 6.92 Å². The molecule has 60 heavy (non-hydrogen) atoms. The number of benzene rings is 2. The molecule has 13 nitrogen and oxygen atoms in total. The van der Waals surface area contributed by atoms with Gasteiger partial charge in [-0.05, 0) is 84.7 Å². The van der Waals surface area contributed by atoms with Gasteiger partial charge in [0, 0.05) is 61.1 Å². The average Bonchev–Trinajstić information content (AvgIpc) is 3.26. The summed E-state index contributed by atoms with van der Waals surface area (Å²) in [6.07, 6.45) is 8.40. The number of imide groups is 1. The summed E-state index contributed by atoms with van der Waals surface area (Å²) in [6.45, 7) is 14.3. The van der Waals surface area contributed by atoms with E-state index in [9.17, 15) is 19.2 Å². The van der Waals surface area contributed by atoms with Crippen LogP contribution >= 0.6 is 0 Å². The third kappa shape index (κ3) is 14.1. The van der Waals surface area contributed by atoms with E-state index in [0.717, 1.165) is 29.7 Å². The van der Waals surface area contributed by atoms with Crippen molar-refractivity contribution in [1.82, 2.24) is 20.2 Å². The van der Waals surface area contributed by atoms with Crippen LogP contribution < -0.4 is 10.1 Å². The van der Waals surface area contributed by atoms with Crippen molar-refractivity contribution in [3.8, 4) is 28.0 Å². The number of aldehydes is 1. The zero-order chi connectivity index (χ0) is 43.3. The molecule has 1 N–H and O–H groups in total. The summed E-state index contributed by atoms with van der Waals surface area (Å²) < 4.78 is 28.2. The molecule has 0 saturated carbocycles. The molecule has 2 aromatic heterocycles. The van der Waals surface area contributed by atoms with Gasteiger partial charge in [0.1, 0.15) is 18.4 Å². The van der Waals surface area contributed by atoms with Crippen molar-refractivity contribution in [3.63, 3.8) is 0 Å². The number of piperidine rings is 1. The molecule has 13 heteroatoms. The summed E-state index contributed by atoms with van der Waals surface area (Å²) in [5.41, 5.74) is 8.46. The Bertz CT molecular complexity index is 1990. The van der Waals surface area contributed by atoms with Crippen molar-refractivity contribution < 1.29 is 42.9 Å². The largest absolute Gasteiger partial charge is 0.491 e. The number of carbonyl (C=O) groups is 4. The predicted molar refractivity (Wildman–Crippen MR) is 230 cm³/mol. The molecule has 1 aliphatic rings. The predicted octanol–water partition coefficient (Wildman–Crippen LogP) is 7.04. The average molecular weight is 825 g/mol. The molecular formula is C47H60N4O9. The summed E-state index contributed by atoms with van der Waals surface area (Å²) in [5.74, 6) is -0.631. The van der Waals surface area contributed by atoms with Gasteiger partial charge in [-0.15, -0.1) is 0 Å². The molecule has 0 spiro atoms. The summed E-state index contributed by atoms with van der Waals surface area (Å²) in [5, 5.41) is 2.24. The van der Waals surface area contributed by atoms with E-state index in [0.29, 0.717) is 64.2 Å². The highest BCUT2D eigenvalue weighted by Gasteiger charge is 2.33. The number of nitrogens with zero attached hydrogens (tertiary/aromatic N) is 3. The van der Waals surface area contributed by atoms with Crippen LogP contribution in [0.2, 0.25) is 0 Å². The molecule has 0 radical (unpaired) electrons. The fourth-order valence-corrected chi connectivity index (χ4v) is 6.65. The second-order valence-electron chi connectivity index (χ2n) is 14.3. The number of ether oxygens (including phenoxy) is 5.